The Labute approximate surface area is 121 Å². The minimum atomic E-state index is 0.458. The maximum Gasteiger partial charge on any atom is 0.196 e. The Kier molecular flexibility index (Phi) is 3.95. The molecule has 0 spiro atoms. The van der Waals surface area contributed by atoms with Crippen molar-refractivity contribution in [2.45, 2.75) is 51.5 Å². The van der Waals surface area contributed by atoms with Crippen molar-refractivity contribution < 1.29 is 0 Å². The molecule has 3 nitrogen and oxygen atoms in total. The average Bonchev–Trinajstić information content (AvgIpc) is 2.82. The summed E-state index contributed by atoms with van der Waals surface area (Å²) in [4.78, 5) is 6.77. The molecule has 1 aliphatic carbocycles. The monoisotopic (exact) mass is 271 g/mol. The molecule has 0 bridgehead atoms. The number of aliphatic imine (C=N–C) groups is 1. The van der Waals surface area contributed by atoms with Crippen LogP contribution in [0.4, 0.5) is 5.69 Å². The van der Waals surface area contributed by atoms with Gasteiger partial charge >= 0.3 is 0 Å². The lowest BCUT2D eigenvalue weighted by atomic mass is 9.84. The number of rotatable bonds is 3. The molecule has 2 N–H and O–H groups in total. The zero-order chi connectivity index (χ0) is 13.9. The van der Waals surface area contributed by atoms with Crippen molar-refractivity contribution in [1.29, 1.82) is 0 Å². The Balaban J connectivity index is 1.76. The number of para-hydroxylation sites is 1. The van der Waals surface area contributed by atoms with E-state index in [9.17, 15) is 0 Å². The number of hydrogen-bond donors (Lipinski definition) is 1. The zero-order valence-electron chi connectivity index (χ0n) is 12.4. The number of benzene rings is 1. The number of aryl methyl sites for hydroxylation is 1. The summed E-state index contributed by atoms with van der Waals surface area (Å²) in [6, 6.07) is 8.94. The van der Waals surface area contributed by atoms with E-state index in [4.69, 9.17) is 5.73 Å². The van der Waals surface area contributed by atoms with Crippen LogP contribution in [0.5, 0.6) is 0 Å². The second kappa shape index (κ2) is 5.86. The molecule has 20 heavy (non-hydrogen) atoms. The lowest BCUT2D eigenvalue weighted by Gasteiger charge is -2.31. The predicted molar refractivity (Wildman–Crippen MR) is 85.1 cm³/mol. The average molecular weight is 271 g/mol. The minimum absolute atomic E-state index is 0.458. The van der Waals surface area contributed by atoms with Gasteiger partial charge in [0, 0.05) is 5.69 Å². The standard InChI is InChI=1S/C17H25N3/c1-13-7-5-6-10-16(13)20-15(12-19-17(20)18)11-14-8-3-2-4-9-14/h5-7,10,14-15H,2-4,8-9,11-12H2,1H3,(H2,18,19). The molecule has 1 aromatic carbocycles. The molecule has 0 amide bonds. The third kappa shape index (κ3) is 2.67. The summed E-state index contributed by atoms with van der Waals surface area (Å²) in [7, 11) is 0. The third-order valence-corrected chi connectivity index (χ3v) is 4.78. The van der Waals surface area contributed by atoms with E-state index in [1.807, 2.05) is 0 Å². The second-order valence-electron chi connectivity index (χ2n) is 6.25. The molecule has 0 aromatic heterocycles. The summed E-state index contributed by atoms with van der Waals surface area (Å²) in [5, 5.41) is 0. The molecular formula is C17H25N3. The van der Waals surface area contributed by atoms with Gasteiger partial charge < -0.3 is 10.6 Å². The van der Waals surface area contributed by atoms with Crippen molar-refractivity contribution in [3.05, 3.63) is 29.8 Å². The fraction of sp³-hybridized carbons (Fsp3) is 0.588. The number of nitrogens with two attached hydrogens (primary N) is 1. The van der Waals surface area contributed by atoms with Crippen molar-refractivity contribution in [1.82, 2.24) is 0 Å². The van der Waals surface area contributed by atoms with Gasteiger partial charge in [-0.3, -0.25) is 4.99 Å². The van der Waals surface area contributed by atoms with Crippen molar-refractivity contribution in [2.24, 2.45) is 16.6 Å². The summed E-state index contributed by atoms with van der Waals surface area (Å²) in [5.41, 5.74) is 8.66. The Morgan fingerprint density at radius 2 is 1.95 bits per heavy atom. The molecule has 2 aliphatic rings. The summed E-state index contributed by atoms with van der Waals surface area (Å²) >= 11 is 0. The SMILES string of the molecule is Cc1ccccc1N1C(N)=NCC1CC1CCCCC1. The Morgan fingerprint density at radius 1 is 1.20 bits per heavy atom. The van der Waals surface area contributed by atoms with E-state index in [0.29, 0.717) is 12.0 Å². The van der Waals surface area contributed by atoms with Gasteiger partial charge in [-0.05, 0) is 30.9 Å². The topological polar surface area (TPSA) is 41.6 Å². The van der Waals surface area contributed by atoms with Crippen LogP contribution in [-0.2, 0) is 0 Å². The van der Waals surface area contributed by atoms with Crippen LogP contribution in [0.1, 0.15) is 44.1 Å². The first-order chi connectivity index (χ1) is 9.75. The number of nitrogens with zero attached hydrogens (tertiary/aromatic N) is 2. The van der Waals surface area contributed by atoms with Crippen molar-refractivity contribution in [3.8, 4) is 0 Å². The van der Waals surface area contributed by atoms with E-state index in [2.05, 4.69) is 41.1 Å². The molecule has 108 valence electrons. The molecule has 3 heteroatoms. The van der Waals surface area contributed by atoms with Crippen LogP contribution in [-0.4, -0.2) is 18.5 Å². The highest BCUT2D eigenvalue weighted by atomic mass is 15.3. The quantitative estimate of drug-likeness (QED) is 0.914. The van der Waals surface area contributed by atoms with Gasteiger partial charge in [-0.25, -0.2) is 0 Å². The molecular weight excluding hydrogens is 246 g/mol. The highest BCUT2D eigenvalue weighted by Gasteiger charge is 2.30. The first-order valence-corrected chi connectivity index (χ1v) is 7.90. The maximum absolute atomic E-state index is 6.15. The largest absolute Gasteiger partial charge is 0.370 e. The van der Waals surface area contributed by atoms with Crippen molar-refractivity contribution in [2.75, 3.05) is 11.4 Å². The van der Waals surface area contributed by atoms with Gasteiger partial charge in [-0.2, -0.15) is 0 Å². The van der Waals surface area contributed by atoms with Gasteiger partial charge in [0.2, 0.25) is 0 Å². The van der Waals surface area contributed by atoms with Crippen LogP contribution in [0.3, 0.4) is 0 Å². The summed E-state index contributed by atoms with van der Waals surface area (Å²) in [5.74, 6) is 1.56. The molecule has 1 unspecified atom stereocenters. The minimum Gasteiger partial charge on any atom is -0.370 e. The highest BCUT2D eigenvalue weighted by Crippen LogP contribution is 2.32. The molecule has 1 fully saturated rings. The second-order valence-corrected chi connectivity index (χ2v) is 6.25. The van der Waals surface area contributed by atoms with Gasteiger partial charge in [0.1, 0.15) is 0 Å². The smallest absolute Gasteiger partial charge is 0.196 e. The summed E-state index contributed by atoms with van der Waals surface area (Å²) in [6.45, 7) is 3.01. The molecule has 3 rings (SSSR count). The molecule has 0 saturated heterocycles. The van der Waals surface area contributed by atoms with Crippen LogP contribution in [0.25, 0.3) is 0 Å². The first kappa shape index (κ1) is 13.5. The van der Waals surface area contributed by atoms with Crippen molar-refractivity contribution in [3.63, 3.8) is 0 Å². The summed E-state index contributed by atoms with van der Waals surface area (Å²) in [6.07, 6.45) is 8.23. The third-order valence-electron chi connectivity index (χ3n) is 4.78. The van der Waals surface area contributed by atoms with Crippen molar-refractivity contribution >= 4 is 11.6 Å². The number of guanidine groups is 1. The van der Waals surface area contributed by atoms with Gasteiger partial charge in [0.25, 0.3) is 0 Å². The fourth-order valence-corrected chi connectivity index (χ4v) is 3.69. The lowest BCUT2D eigenvalue weighted by molar-refractivity contribution is 0.322. The van der Waals surface area contributed by atoms with Crippen LogP contribution < -0.4 is 10.6 Å². The number of hydrogen-bond acceptors (Lipinski definition) is 3. The predicted octanol–water partition coefficient (Wildman–Crippen LogP) is 3.47. The molecule has 1 aliphatic heterocycles. The van der Waals surface area contributed by atoms with Crippen LogP contribution in [0, 0.1) is 12.8 Å². The van der Waals surface area contributed by atoms with Gasteiger partial charge in [-0.1, -0.05) is 50.3 Å². The van der Waals surface area contributed by atoms with E-state index in [-0.39, 0.29) is 0 Å². The van der Waals surface area contributed by atoms with E-state index in [0.717, 1.165) is 12.5 Å². The van der Waals surface area contributed by atoms with Gasteiger partial charge in [0.15, 0.2) is 5.96 Å². The van der Waals surface area contributed by atoms with Gasteiger partial charge in [-0.15, -0.1) is 0 Å². The van der Waals surface area contributed by atoms with Crippen LogP contribution in [0.15, 0.2) is 29.3 Å². The lowest BCUT2D eigenvalue weighted by Crippen LogP contribution is -2.42. The van der Waals surface area contributed by atoms with E-state index in [1.54, 1.807) is 0 Å². The van der Waals surface area contributed by atoms with E-state index >= 15 is 0 Å². The van der Waals surface area contributed by atoms with Crippen LogP contribution >= 0.6 is 0 Å². The number of anilines is 1. The Bertz CT molecular complexity index is 489. The van der Waals surface area contributed by atoms with E-state index in [1.165, 1.54) is 49.8 Å². The first-order valence-electron chi connectivity index (χ1n) is 7.90. The maximum atomic E-state index is 6.15. The molecule has 1 aromatic rings. The Morgan fingerprint density at radius 3 is 2.70 bits per heavy atom. The normalized spacial score (nSPS) is 23.9. The van der Waals surface area contributed by atoms with Gasteiger partial charge in [0.05, 0.1) is 12.6 Å². The van der Waals surface area contributed by atoms with Crippen LogP contribution in [0.2, 0.25) is 0 Å². The zero-order valence-corrected chi connectivity index (χ0v) is 12.4. The Hall–Kier alpha value is -1.51. The van der Waals surface area contributed by atoms with E-state index < -0.39 is 0 Å². The fourth-order valence-electron chi connectivity index (χ4n) is 3.69. The molecule has 1 atom stereocenters. The summed E-state index contributed by atoms with van der Waals surface area (Å²) < 4.78 is 0. The molecule has 0 radical (unpaired) electrons. The highest BCUT2D eigenvalue weighted by molar-refractivity contribution is 5.97. The molecule has 1 saturated carbocycles. The molecule has 1 heterocycles.